The first-order valence-corrected chi connectivity index (χ1v) is 6.89. The van der Waals surface area contributed by atoms with Crippen molar-refractivity contribution in [2.75, 3.05) is 18.8 Å². The summed E-state index contributed by atoms with van der Waals surface area (Å²) >= 11 is 0. The maximum atomic E-state index is 11.8. The van der Waals surface area contributed by atoms with Gasteiger partial charge in [0.05, 0.1) is 4.75 Å². The maximum Gasteiger partial charge on any atom is 0.0530 e. The van der Waals surface area contributed by atoms with Crippen LogP contribution in [0.3, 0.4) is 0 Å². The summed E-state index contributed by atoms with van der Waals surface area (Å²) in [6.45, 7) is 6.94. The molecule has 0 spiro atoms. The molecule has 0 aromatic carbocycles. The Bertz CT molecular complexity index is 378. The molecule has 1 atom stereocenters. The van der Waals surface area contributed by atoms with Gasteiger partial charge in [-0.2, -0.15) is 0 Å². The lowest BCUT2D eigenvalue weighted by Gasteiger charge is -2.37. The molecule has 0 radical (unpaired) electrons. The fraction of sp³-hybridized carbons (Fsp3) is 0.583. The second-order valence-corrected chi connectivity index (χ2v) is 7.08. The third kappa shape index (κ3) is 2.68. The fourth-order valence-corrected chi connectivity index (χ4v) is 3.36. The normalized spacial score (nSPS) is 25.5. The first kappa shape index (κ1) is 11.7. The first-order chi connectivity index (χ1) is 7.58. The number of pyridine rings is 1. The zero-order valence-corrected chi connectivity index (χ0v) is 10.7. The molecule has 1 saturated heterocycles. The predicted octanol–water partition coefficient (Wildman–Crippen LogP) is 1.42. The molecule has 16 heavy (non-hydrogen) atoms. The van der Waals surface area contributed by atoms with Crippen molar-refractivity contribution >= 4 is 10.8 Å². The van der Waals surface area contributed by atoms with Gasteiger partial charge in [0.25, 0.3) is 0 Å². The number of rotatable bonds is 2. The highest BCUT2D eigenvalue weighted by atomic mass is 32.2. The van der Waals surface area contributed by atoms with Crippen molar-refractivity contribution in [1.29, 1.82) is 0 Å². The van der Waals surface area contributed by atoms with Crippen molar-refractivity contribution in [2.24, 2.45) is 0 Å². The van der Waals surface area contributed by atoms with Gasteiger partial charge in [-0.15, -0.1) is 0 Å². The molecule has 2 heterocycles. The first-order valence-electron chi connectivity index (χ1n) is 5.58. The molecule has 0 bridgehead atoms. The summed E-state index contributed by atoms with van der Waals surface area (Å²) in [6, 6.07) is 4.08. The summed E-state index contributed by atoms with van der Waals surface area (Å²) in [7, 11) is -0.683. The number of hydrogen-bond acceptors (Lipinski definition) is 3. The Hall–Kier alpha value is -0.740. The molecule has 1 aliphatic heterocycles. The van der Waals surface area contributed by atoms with Crippen molar-refractivity contribution < 1.29 is 4.21 Å². The monoisotopic (exact) mass is 238 g/mol. The molecular formula is C12H18N2OS. The Morgan fingerprint density at radius 2 is 2.12 bits per heavy atom. The Morgan fingerprint density at radius 3 is 2.75 bits per heavy atom. The van der Waals surface area contributed by atoms with Crippen LogP contribution < -0.4 is 0 Å². The van der Waals surface area contributed by atoms with Crippen LogP contribution in [-0.2, 0) is 17.3 Å². The lowest BCUT2D eigenvalue weighted by atomic mass is 10.1. The quantitative estimate of drug-likeness (QED) is 0.781. The van der Waals surface area contributed by atoms with Crippen LogP contribution in [0.2, 0.25) is 0 Å². The van der Waals surface area contributed by atoms with E-state index in [1.807, 2.05) is 24.5 Å². The van der Waals surface area contributed by atoms with E-state index in [9.17, 15) is 4.21 Å². The molecule has 1 aromatic rings. The van der Waals surface area contributed by atoms with Gasteiger partial charge in [0.1, 0.15) is 0 Å². The molecule has 1 fully saturated rings. The van der Waals surface area contributed by atoms with Crippen LogP contribution in [-0.4, -0.2) is 37.7 Å². The third-order valence-corrected chi connectivity index (χ3v) is 4.88. The summed E-state index contributed by atoms with van der Waals surface area (Å²) in [4.78, 5) is 6.38. The predicted molar refractivity (Wildman–Crippen MR) is 66.6 cm³/mol. The molecule has 0 saturated carbocycles. The number of aromatic nitrogens is 1. The molecule has 1 unspecified atom stereocenters. The van der Waals surface area contributed by atoms with E-state index < -0.39 is 10.8 Å². The van der Waals surface area contributed by atoms with Gasteiger partial charge in [0.2, 0.25) is 0 Å². The highest BCUT2D eigenvalue weighted by Gasteiger charge is 2.32. The highest BCUT2D eigenvalue weighted by Crippen LogP contribution is 2.21. The van der Waals surface area contributed by atoms with E-state index in [-0.39, 0.29) is 4.75 Å². The van der Waals surface area contributed by atoms with Crippen LogP contribution in [0.15, 0.2) is 24.5 Å². The average Bonchev–Trinajstić information content (AvgIpc) is 2.25. The van der Waals surface area contributed by atoms with E-state index in [0.29, 0.717) is 0 Å². The summed E-state index contributed by atoms with van der Waals surface area (Å²) < 4.78 is 11.7. The van der Waals surface area contributed by atoms with Crippen molar-refractivity contribution in [3.8, 4) is 0 Å². The Morgan fingerprint density at radius 1 is 1.44 bits per heavy atom. The third-order valence-electron chi connectivity index (χ3n) is 2.97. The Kier molecular flexibility index (Phi) is 3.40. The van der Waals surface area contributed by atoms with Gasteiger partial charge in [-0.25, -0.2) is 0 Å². The van der Waals surface area contributed by atoms with Crippen LogP contribution in [0.25, 0.3) is 0 Å². The van der Waals surface area contributed by atoms with Crippen LogP contribution >= 0.6 is 0 Å². The topological polar surface area (TPSA) is 33.2 Å². The van der Waals surface area contributed by atoms with E-state index in [1.165, 1.54) is 5.56 Å². The summed E-state index contributed by atoms with van der Waals surface area (Å²) in [5.41, 5.74) is 1.28. The van der Waals surface area contributed by atoms with E-state index >= 15 is 0 Å². The second-order valence-electron chi connectivity index (χ2n) is 4.88. The molecule has 88 valence electrons. The SMILES string of the molecule is CC1(C)CN(Cc2ccncc2)CCS1=O. The zero-order valence-electron chi connectivity index (χ0n) is 9.85. The maximum absolute atomic E-state index is 11.8. The van der Waals surface area contributed by atoms with E-state index in [4.69, 9.17) is 0 Å². The molecule has 3 nitrogen and oxygen atoms in total. The lowest BCUT2D eigenvalue weighted by Crippen LogP contribution is -2.49. The van der Waals surface area contributed by atoms with Gasteiger partial charge >= 0.3 is 0 Å². The van der Waals surface area contributed by atoms with Crippen molar-refractivity contribution in [3.05, 3.63) is 30.1 Å². The smallest absolute Gasteiger partial charge is 0.0530 e. The van der Waals surface area contributed by atoms with Crippen LogP contribution in [0.4, 0.5) is 0 Å². The van der Waals surface area contributed by atoms with Crippen LogP contribution in [0.5, 0.6) is 0 Å². The Balaban J connectivity index is 2.00. The van der Waals surface area contributed by atoms with E-state index in [1.54, 1.807) is 0 Å². The van der Waals surface area contributed by atoms with Gasteiger partial charge in [0, 0.05) is 48.6 Å². The van der Waals surface area contributed by atoms with Crippen molar-refractivity contribution in [2.45, 2.75) is 25.1 Å². The van der Waals surface area contributed by atoms with E-state index in [0.717, 1.165) is 25.4 Å². The minimum Gasteiger partial charge on any atom is -0.297 e. The molecule has 1 aliphatic rings. The largest absolute Gasteiger partial charge is 0.297 e. The van der Waals surface area contributed by atoms with Gasteiger partial charge in [-0.05, 0) is 31.5 Å². The minimum atomic E-state index is -0.683. The van der Waals surface area contributed by atoms with E-state index in [2.05, 4.69) is 23.7 Å². The van der Waals surface area contributed by atoms with Crippen LogP contribution in [0.1, 0.15) is 19.4 Å². The Labute approximate surface area is 99.3 Å². The molecular weight excluding hydrogens is 220 g/mol. The summed E-state index contributed by atoms with van der Waals surface area (Å²) in [5.74, 6) is 0.790. The molecule has 0 aliphatic carbocycles. The standard InChI is InChI=1S/C12H18N2OS/c1-12(2)10-14(7-8-16(12)15)9-11-3-5-13-6-4-11/h3-6H,7-10H2,1-2H3. The molecule has 0 amide bonds. The highest BCUT2D eigenvalue weighted by molar-refractivity contribution is 7.86. The molecule has 4 heteroatoms. The fourth-order valence-electron chi connectivity index (χ4n) is 2.06. The number of hydrogen-bond donors (Lipinski definition) is 0. The minimum absolute atomic E-state index is 0.0781. The van der Waals surface area contributed by atoms with Crippen LogP contribution in [0, 0.1) is 0 Å². The lowest BCUT2D eigenvalue weighted by molar-refractivity contribution is 0.247. The molecule has 0 N–H and O–H groups in total. The zero-order chi connectivity index (χ0) is 11.6. The summed E-state index contributed by atoms with van der Waals surface area (Å²) in [6.07, 6.45) is 3.64. The average molecular weight is 238 g/mol. The summed E-state index contributed by atoms with van der Waals surface area (Å²) in [5, 5.41) is 0. The van der Waals surface area contributed by atoms with Gasteiger partial charge in [-0.3, -0.25) is 14.1 Å². The van der Waals surface area contributed by atoms with Gasteiger partial charge in [0.15, 0.2) is 0 Å². The second kappa shape index (κ2) is 4.63. The van der Waals surface area contributed by atoms with Gasteiger partial charge in [-0.1, -0.05) is 0 Å². The number of nitrogens with zero attached hydrogens (tertiary/aromatic N) is 2. The molecule has 1 aromatic heterocycles. The van der Waals surface area contributed by atoms with Crippen molar-refractivity contribution in [3.63, 3.8) is 0 Å². The molecule has 2 rings (SSSR count). The van der Waals surface area contributed by atoms with Gasteiger partial charge < -0.3 is 0 Å². The van der Waals surface area contributed by atoms with Crippen molar-refractivity contribution in [1.82, 2.24) is 9.88 Å².